The smallest absolute Gasteiger partial charge is 0.316 e. The molecule has 3 saturated heterocycles. The van der Waals surface area contributed by atoms with Crippen molar-refractivity contribution >= 4 is 5.97 Å². The van der Waals surface area contributed by atoms with Crippen molar-refractivity contribution in [2.75, 3.05) is 6.61 Å². The molecule has 0 unspecified atom stereocenters. The summed E-state index contributed by atoms with van der Waals surface area (Å²) in [7, 11) is 0. The van der Waals surface area contributed by atoms with E-state index in [4.69, 9.17) is 18.9 Å². The van der Waals surface area contributed by atoms with Crippen molar-refractivity contribution in [2.24, 2.45) is 23.7 Å². The van der Waals surface area contributed by atoms with Gasteiger partial charge >= 0.3 is 5.97 Å². The van der Waals surface area contributed by atoms with Crippen molar-refractivity contribution in [3.63, 3.8) is 0 Å². The van der Waals surface area contributed by atoms with Crippen LogP contribution in [0.5, 0.6) is 0 Å². The highest BCUT2D eigenvalue weighted by molar-refractivity contribution is 5.78. The Labute approximate surface area is 244 Å². The van der Waals surface area contributed by atoms with Gasteiger partial charge in [-0.2, -0.15) is 0 Å². The van der Waals surface area contributed by atoms with E-state index in [1.165, 1.54) is 0 Å². The lowest BCUT2D eigenvalue weighted by Crippen LogP contribution is -2.58. The SMILES string of the molecule is CC1=C[C@H]2C(=O)O[C@H]3C[C@@H](C/C=C(/C)[C@H](O)[C@@H](C)/C=C\C=C4\CO[C@H]([C@@H]1O)[C@@]42O)O[C@@]1(CC[C@H](C)[C@@H](C(C)C)O1)C3. The number of ether oxygens (including phenoxy) is 4. The molecule has 8 heteroatoms. The molecule has 8 nitrogen and oxygen atoms in total. The largest absolute Gasteiger partial charge is 0.462 e. The van der Waals surface area contributed by atoms with Crippen molar-refractivity contribution in [1.82, 2.24) is 0 Å². The van der Waals surface area contributed by atoms with E-state index < -0.39 is 47.7 Å². The number of carbonyl (C=O) groups excluding carboxylic acids is 1. The summed E-state index contributed by atoms with van der Waals surface area (Å²) in [5.41, 5.74) is 0.152. The summed E-state index contributed by atoms with van der Waals surface area (Å²) in [6.45, 7) is 12.2. The van der Waals surface area contributed by atoms with Gasteiger partial charge < -0.3 is 34.3 Å². The van der Waals surface area contributed by atoms with Crippen molar-refractivity contribution in [3.8, 4) is 0 Å². The zero-order valence-corrected chi connectivity index (χ0v) is 25.3. The number of hydrogen-bond acceptors (Lipinski definition) is 8. The van der Waals surface area contributed by atoms with Gasteiger partial charge in [0.25, 0.3) is 0 Å². The minimum Gasteiger partial charge on any atom is -0.462 e. The Balaban J connectivity index is 1.53. The quantitative estimate of drug-likeness (QED) is 0.317. The maximum absolute atomic E-state index is 13.9. The molecule has 4 aliphatic heterocycles. The molecule has 228 valence electrons. The van der Waals surface area contributed by atoms with Crippen LogP contribution in [0.2, 0.25) is 0 Å². The maximum Gasteiger partial charge on any atom is 0.316 e. The van der Waals surface area contributed by atoms with Gasteiger partial charge in [0.1, 0.15) is 29.8 Å². The molecule has 41 heavy (non-hydrogen) atoms. The average Bonchev–Trinajstić information content (AvgIpc) is 3.26. The zero-order valence-electron chi connectivity index (χ0n) is 25.3. The Bertz CT molecular complexity index is 1120. The average molecular weight is 573 g/mol. The summed E-state index contributed by atoms with van der Waals surface area (Å²) in [4.78, 5) is 13.9. The first-order chi connectivity index (χ1) is 19.3. The first kappa shape index (κ1) is 30.6. The van der Waals surface area contributed by atoms with Crippen LogP contribution in [0.4, 0.5) is 0 Å². The Morgan fingerprint density at radius 2 is 1.80 bits per heavy atom. The van der Waals surface area contributed by atoms with Gasteiger partial charge in [-0.1, -0.05) is 58.1 Å². The summed E-state index contributed by atoms with van der Waals surface area (Å²) < 4.78 is 25.5. The van der Waals surface area contributed by atoms with Crippen molar-refractivity contribution in [3.05, 3.63) is 47.1 Å². The predicted molar refractivity (Wildman–Crippen MR) is 154 cm³/mol. The molecule has 0 amide bonds. The number of carbonyl (C=O) groups is 1. The first-order valence-electron chi connectivity index (χ1n) is 15.3. The Morgan fingerprint density at radius 1 is 1.05 bits per heavy atom. The van der Waals surface area contributed by atoms with E-state index in [0.29, 0.717) is 48.7 Å². The van der Waals surface area contributed by atoms with E-state index in [1.807, 2.05) is 26.0 Å². The normalized spacial score (nSPS) is 48.9. The second-order valence-electron chi connectivity index (χ2n) is 13.4. The van der Waals surface area contributed by atoms with E-state index in [2.05, 4.69) is 20.8 Å². The third-order valence-electron chi connectivity index (χ3n) is 9.93. The standard InChI is InChI=1S/C33H48O8/c1-18(2)29-21(5)12-13-32(41-29)16-25-15-24(40-32)11-10-20(4)27(34)19(3)8-7-9-23-17-38-30-28(35)22(6)14-26(31(36)39-25)33(23,30)37/h7-10,14,18-19,21,24-30,34-35,37H,11-13,15-17H2,1-6H3/b8-7-,20-10-,23-9-/t19-,21-,24+,25-,26-,27+,28+,29+,30+,32+,33+/m0/s1. The summed E-state index contributed by atoms with van der Waals surface area (Å²) in [6.07, 6.45) is 8.69. The molecule has 4 heterocycles. The first-order valence-corrected chi connectivity index (χ1v) is 15.3. The van der Waals surface area contributed by atoms with Gasteiger partial charge in [0.2, 0.25) is 0 Å². The molecule has 0 aromatic carbocycles. The fourth-order valence-electron chi connectivity index (χ4n) is 7.44. The topological polar surface area (TPSA) is 115 Å². The molecule has 1 aliphatic carbocycles. The third-order valence-corrected chi connectivity index (χ3v) is 9.93. The minimum absolute atomic E-state index is 0.0265. The van der Waals surface area contributed by atoms with E-state index in [1.54, 1.807) is 25.2 Å². The van der Waals surface area contributed by atoms with Gasteiger partial charge in [-0.3, -0.25) is 4.79 Å². The summed E-state index contributed by atoms with van der Waals surface area (Å²) >= 11 is 0. The number of allylic oxidation sites excluding steroid dienone is 2. The van der Waals surface area contributed by atoms with Gasteiger partial charge in [0.15, 0.2) is 5.79 Å². The van der Waals surface area contributed by atoms with Gasteiger partial charge in [-0.15, -0.1) is 0 Å². The predicted octanol–water partition coefficient (Wildman–Crippen LogP) is 4.14. The van der Waals surface area contributed by atoms with Gasteiger partial charge in [-0.25, -0.2) is 0 Å². The van der Waals surface area contributed by atoms with Crippen molar-refractivity contribution in [2.45, 2.75) is 122 Å². The molecule has 1 spiro atoms. The Morgan fingerprint density at radius 3 is 2.54 bits per heavy atom. The van der Waals surface area contributed by atoms with E-state index in [-0.39, 0.29) is 24.7 Å². The second-order valence-corrected chi connectivity index (χ2v) is 13.4. The summed E-state index contributed by atoms with van der Waals surface area (Å²) in [5.74, 6) is -1.94. The maximum atomic E-state index is 13.9. The number of fused-ring (bicyclic) bond motifs is 2. The molecule has 0 radical (unpaired) electrons. The van der Waals surface area contributed by atoms with Gasteiger partial charge in [0, 0.05) is 25.2 Å². The molecule has 0 aromatic rings. The van der Waals surface area contributed by atoms with E-state index in [0.717, 1.165) is 12.0 Å². The highest BCUT2D eigenvalue weighted by Crippen LogP contribution is 2.47. The van der Waals surface area contributed by atoms with Crippen LogP contribution >= 0.6 is 0 Å². The summed E-state index contributed by atoms with van der Waals surface area (Å²) in [6, 6.07) is 0. The number of hydrogen-bond donors (Lipinski definition) is 3. The van der Waals surface area contributed by atoms with E-state index in [9.17, 15) is 20.1 Å². The monoisotopic (exact) mass is 572 g/mol. The fourth-order valence-corrected chi connectivity index (χ4v) is 7.44. The molecule has 0 aromatic heterocycles. The third kappa shape index (κ3) is 5.76. The van der Waals surface area contributed by atoms with Crippen LogP contribution in [0.25, 0.3) is 0 Å². The lowest BCUT2D eigenvalue weighted by atomic mass is 9.71. The number of aliphatic hydroxyl groups is 3. The molecule has 0 saturated carbocycles. The van der Waals surface area contributed by atoms with Crippen LogP contribution in [0.1, 0.15) is 73.6 Å². The van der Waals surface area contributed by atoms with E-state index >= 15 is 0 Å². The molecular weight excluding hydrogens is 524 g/mol. The Kier molecular flexibility index (Phi) is 8.74. The molecule has 3 N–H and O–H groups in total. The lowest BCUT2D eigenvalue weighted by molar-refractivity contribution is -0.340. The second kappa shape index (κ2) is 11.7. The number of esters is 1. The van der Waals surface area contributed by atoms with Crippen molar-refractivity contribution in [1.29, 1.82) is 0 Å². The fraction of sp³-hybridized carbons (Fsp3) is 0.727. The number of rotatable bonds is 1. The molecule has 5 aliphatic rings. The van der Waals surface area contributed by atoms with Crippen LogP contribution in [0.15, 0.2) is 47.1 Å². The molecule has 5 rings (SSSR count). The van der Waals surface area contributed by atoms with Crippen LogP contribution < -0.4 is 0 Å². The van der Waals surface area contributed by atoms with Crippen LogP contribution in [-0.2, 0) is 23.7 Å². The summed E-state index contributed by atoms with van der Waals surface area (Å²) in [5, 5.41) is 34.0. The zero-order chi connectivity index (χ0) is 29.7. The van der Waals surface area contributed by atoms with Crippen LogP contribution in [0.3, 0.4) is 0 Å². The highest BCUT2D eigenvalue weighted by atomic mass is 16.7. The molecule has 3 fully saturated rings. The van der Waals surface area contributed by atoms with Crippen LogP contribution in [0, 0.1) is 23.7 Å². The molecule has 11 atom stereocenters. The minimum atomic E-state index is -1.75. The number of aliphatic hydroxyl groups excluding tert-OH is 2. The van der Waals surface area contributed by atoms with Crippen LogP contribution in [-0.4, -0.2) is 75.9 Å². The van der Waals surface area contributed by atoms with Crippen molar-refractivity contribution < 1.29 is 39.1 Å². The lowest BCUT2D eigenvalue weighted by Gasteiger charge is -2.50. The Hall–Kier alpha value is -1.81. The highest BCUT2D eigenvalue weighted by Gasteiger charge is 2.60. The van der Waals surface area contributed by atoms with Gasteiger partial charge in [-0.05, 0) is 55.2 Å². The molecular formula is C33H48O8. The van der Waals surface area contributed by atoms with Gasteiger partial charge in [0.05, 0.1) is 24.9 Å². The molecule has 2 bridgehead atoms.